The summed E-state index contributed by atoms with van der Waals surface area (Å²) in [5.41, 5.74) is 0. The van der Waals surface area contributed by atoms with Crippen molar-refractivity contribution in [3.63, 3.8) is 0 Å². The normalized spacial score (nSPS) is 10.4. The van der Waals surface area contributed by atoms with Gasteiger partial charge in [0.1, 0.15) is 24.7 Å². The molecule has 1 aromatic carbocycles. The van der Waals surface area contributed by atoms with Gasteiger partial charge in [0.25, 0.3) is 0 Å². The molecule has 0 amide bonds. The lowest BCUT2D eigenvalue weighted by Crippen LogP contribution is -2.10. The highest BCUT2D eigenvalue weighted by molar-refractivity contribution is 9.10. The van der Waals surface area contributed by atoms with Gasteiger partial charge in [-0.15, -0.1) is 11.3 Å². The Morgan fingerprint density at radius 1 is 1.29 bits per heavy atom. The van der Waals surface area contributed by atoms with Crippen molar-refractivity contribution in [2.24, 2.45) is 0 Å². The lowest BCUT2D eigenvalue weighted by Gasteiger charge is -2.09. The molecule has 0 bridgehead atoms. The Hall–Kier alpha value is -1.24. The molecule has 2 rings (SSSR count). The average molecular weight is 392 g/mol. The molecule has 0 aliphatic heterocycles. The van der Waals surface area contributed by atoms with Crippen molar-refractivity contribution in [1.29, 1.82) is 0 Å². The smallest absolute Gasteiger partial charge is 0.349 e. The van der Waals surface area contributed by atoms with Crippen molar-refractivity contribution in [1.82, 2.24) is 0 Å². The zero-order valence-corrected chi connectivity index (χ0v) is 14.2. The van der Waals surface area contributed by atoms with Gasteiger partial charge in [-0.05, 0) is 47.1 Å². The first-order valence-corrected chi connectivity index (χ1v) is 8.00. The van der Waals surface area contributed by atoms with Crippen LogP contribution in [0.2, 0.25) is 5.02 Å². The van der Waals surface area contributed by atoms with Gasteiger partial charge >= 0.3 is 5.97 Å². The quantitative estimate of drug-likeness (QED) is 0.730. The third kappa shape index (κ3) is 4.36. The van der Waals surface area contributed by atoms with Crippen LogP contribution >= 0.6 is 38.9 Å². The Kier molecular flexibility index (Phi) is 5.50. The van der Waals surface area contributed by atoms with Crippen LogP contribution in [-0.2, 0) is 0 Å². The second kappa shape index (κ2) is 7.15. The van der Waals surface area contributed by atoms with E-state index >= 15 is 0 Å². The summed E-state index contributed by atoms with van der Waals surface area (Å²) in [5, 5.41) is 9.67. The maximum Gasteiger partial charge on any atom is 0.349 e. The van der Waals surface area contributed by atoms with Crippen LogP contribution in [0.1, 0.15) is 14.5 Å². The van der Waals surface area contributed by atoms with E-state index in [1.165, 1.54) is 11.3 Å². The van der Waals surface area contributed by atoms with Gasteiger partial charge < -0.3 is 14.6 Å². The minimum Gasteiger partial charge on any atom is -0.489 e. The zero-order valence-electron chi connectivity index (χ0n) is 11.1. The largest absolute Gasteiger partial charge is 0.489 e. The minimum atomic E-state index is -0.982. The lowest BCUT2D eigenvalue weighted by atomic mass is 10.3. The Labute approximate surface area is 139 Å². The fraction of sp³-hybridized carbons (Fsp3) is 0.214. The van der Waals surface area contributed by atoms with Crippen molar-refractivity contribution in [3.8, 4) is 11.5 Å². The van der Waals surface area contributed by atoms with E-state index in [2.05, 4.69) is 15.9 Å². The highest BCUT2D eigenvalue weighted by atomic mass is 79.9. The minimum absolute atomic E-state index is 0.208. The van der Waals surface area contributed by atoms with Gasteiger partial charge in [0.2, 0.25) is 0 Å². The number of rotatable bonds is 6. The second-order valence-corrected chi connectivity index (χ2v) is 6.67. The molecule has 1 heterocycles. The van der Waals surface area contributed by atoms with E-state index in [4.69, 9.17) is 26.2 Å². The number of hydrogen-bond donors (Lipinski definition) is 1. The Morgan fingerprint density at radius 2 is 1.95 bits per heavy atom. The van der Waals surface area contributed by atoms with Gasteiger partial charge in [0.05, 0.1) is 4.47 Å². The molecule has 2 aromatic rings. The van der Waals surface area contributed by atoms with E-state index in [9.17, 15) is 4.79 Å². The topological polar surface area (TPSA) is 55.8 Å². The summed E-state index contributed by atoms with van der Waals surface area (Å²) in [6.45, 7) is 2.39. The van der Waals surface area contributed by atoms with Crippen molar-refractivity contribution < 1.29 is 19.4 Å². The number of aryl methyl sites for hydroxylation is 1. The van der Waals surface area contributed by atoms with Crippen molar-refractivity contribution in [3.05, 3.63) is 43.5 Å². The van der Waals surface area contributed by atoms with Crippen LogP contribution in [0, 0.1) is 6.92 Å². The van der Waals surface area contributed by atoms with Crippen LogP contribution in [-0.4, -0.2) is 24.3 Å². The number of halogens is 2. The molecule has 21 heavy (non-hydrogen) atoms. The summed E-state index contributed by atoms with van der Waals surface area (Å²) in [7, 11) is 0. The highest BCUT2D eigenvalue weighted by Gasteiger charge is 2.15. The van der Waals surface area contributed by atoms with Gasteiger partial charge in [-0.1, -0.05) is 11.6 Å². The molecule has 0 atom stereocenters. The molecule has 0 unspecified atom stereocenters. The first-order chi connectivity index (χ1) is 9.97. The molecule has 0 saturated carbocycles. The number of aromatic carboxylic acids is 1. The molecule has 1 aromatic heterocycles. The molecule has 7 heteroatoms. The van der Waals surface area contributed by atoms with Crippen LogP contribution in [0.5, 0.6) is 11.5 Å². The molecule has 0 spiro atoms. The van der Waals surface area contributed by atoms with E-state index in [0.717, 1.165) is 9.35 Å². The maximum atomic E-state index is 11.0. The molecule has 0 fully saturated rings. The summed E-state index contributed by atoms with van der Waals surface area (Å²) in [6.07, 6.45) is 0. The predicted molar refractivity (Wildman–Crippen MR) is 86.2 cm³/mol. The van der Waals surface area contributed by atoms with E-state index in [-0.39, 0.29) is 11.5 Å². The van der Waals surface area contributed by atoms with E-state index in [1.54, 1.807) is 24.3 Å². The third-order valence-corrected chi connectivity index (χ3v) is 4.38. The number of ether oxygens (including phenoxy) is 2. The monoisotopic (exact) mass is 390 g/mol. The van der Waals surface area contributed by atoms with Crippen molar-refractivity contribution in [2.45, 2.75) is 6.92 Å². The predicted octanol–water partition coefficient (Wildman–Crippen LogP) is 4.63. The molecule has 0 aliphatic rings. The lowest BCUT2D eigenvalue weighted by molar-refractivity contribution is 0.0697. The highest BCUT2D eigenvalue weighted by Crippen LogP contribution is 2.29. The number of carbonyl (C=O) groups is 1. The Balaban J connectivity index is 1.89. The third-order valence-electron chi connectivity index (χ3n) is 2.51. The van der Waals surface area contributed by atoms with Crippen molar-refractivity contribution >= 4 is 44.8 Å². The molecular weight excluding hydrogens is 380 g/mol. The SMILES string of the molecule is Cc1cc(OCCOc2ccc(Cl)cc2Br)c(C(=O)O)s1. The summed E-state index contributed by atoms with van der Waals surface area (Å²) in [6, 6.07) is 6.94. The first kappa shape index (κ1) is 16.1. The number of hydrogen-bond acceptors (Lipinski definition) is 4. The van der Waals surface area contributed by atoms with Gasteiger partial charge in [-0.3, -0.25) is 0 Å². The molecule has 1 N–H and O–H groups in total. The zero-order chi connectivity index (χ0) is 15.4. The molecular formula is C14H12BrClO4S. The van der Waals surface area contributed by atoms with E-state index < -0.39 is 5.97 Å². The van der Waals surface area contributed by atoms with Crippen molar-refractivity contribution in [2.75, 3.05) is 13.2 Å². The standard InChI is InChI=1S/C14H12BrClO4S/c1-8-6-12(13(21-8)14(17)18)20-5-4-19-11-3-2-9(16)7-10(11)15/h2-3,6-7H,4-5H2,1H3,(H,17,18). The molecule has 0 aliphatic carbocycles. The molecule has 0 saturated heterocycles. The maximum absolute atomic E-state index is 11.0. The molecule has 112 valence electrons. The fourth-order valence-corrected chi connectivity index (χ4v) is 3.23. The summed E-state index contributed by atoms with van der Waals surface area (Å²) >= 11 is 10.4. The number of carboxylic acids is 1. The van der Waals surface area contributed by atoms with E-state index in [0.29, 0.717) is 23.1 Å². The molecule has 4 nitrogen and oxygen atoms in total. The Morgan fingerprint density at radius 3 is 2.57 bits per heavy atom. The number of thiophene rings is 1. The van der Waals surface area contributed by atoms with Crippen LogP contribution in [0.4, 0.5) is 0 Å². The van der Waals surface area contributed by atoms with Gasteiger partial charge in [0, 0.05) is 9.90 Å². The Bertz CT molecular complexity index is 656. The van der Waals surface area contributed by atoms with Crippen LogP contribution in [0.3, 0.4) is 0 Å². The summed E-state index contributed by atoms with van der Waals surface area (Å²) in [4.78, 5) is 12.1. The fourth-order valence-electron chi connectivity index (χ4n) is 1.64. The average Bonchev–Trinajstić information content (AvgIpc) is 2.78. The number of carboxylic acid groups (broad SMARTS) is 1. The van der Waals surface area contributed by atoms with Crippen LogP contribution < -0.4 is 9.47 Å². The van der Waals surface area contributed by atoms with Gasteiger partial charge in [-0.25, -0.2) is 4.79 Å². The first-order valence-electron chi connectivity index (χ1n) is 6.01. The van der Waals surface area contributed by atoms with Crippen LogP contribution in [0.25, 0.3) is 0 Å². The van der Waals surface area contributed by atoms with Gasteiger partial charge in [0.15, 0.2) is 4.88 Å². The number of benzene rings is 1. The van der Waals surface area contributed by atoms with Gasteiger partial charge in [-0.2, -0.15) is 0 Å². The second-order valence-electron chi connectivity index (χ2n) is 4.13. The summed E-state index contributed by atoms with van der Waals surface area (Å²) < 4.78 is 11.8. The van der Waals surface area contributed by atoms with Crippen LogP contribution in [0.15, 0.2) is 28.7 Å². The van der Waals surface area contributed by atoms with E-state index in [1.807, 2.05) is 6.92 Å². The summed E-state index contributed by atoms with van der Waals surface area (Å²) in [5.74, 6) is 0.0520. The molecule has 0 radical (unpaired) electrons.